The predicted molar refractivity (Wildman–Crippen MR) is 177 cm³/mol. The van der Waals surface area contributed by atoms with E-state index in [1.54, 1.807) is 31.4 Å². The molecule has 3 aliphatic heterocycles. The molecule has 0 unspecified atom stereocenters. The maximum Gasteiger partial charge on any atom is 0.238 e. The summed E-state index contributed by atoms with van der Waals surface area (Å²) in [7, 11) is 1.56. The molecule has 1 saturated heterocycles. The molecule has 226 valence electrons. The number of Topliss-reactive ketones (excluding diaryl/α,β-unsaturated/α-hetero) is 2. The molecule has 0 saturated carbocycles. The van der Waals surface area contributed by atoms with Crippen LogP contribution in [-0.4, -0.2) is 36.7 Å². The fourth-order valence-electron chi connectivity index (χ4n) is 7.79. The number of rotatable bonds is 7. The van der Waals surface area contributed by atoms with Gasteiger partial charge in [0.15, 0.2) is 11.6 Å². The molecular formula is C39H36N2O4. The Balaban J connectivity index is 1.50. The third kappa shape index (κ3) is 4.34. The van der Waals surface area contributed by atoms with E-state index < -0.39 is 23.4 Å². The molecule has 0 aromatic heterocycles. The third-order valence-corrected chi connectivity index (χ3v) is 9.67. The number of fused-ring (bicyclic) bond motifs is 6. The summed E-state index contributed by atoms with van der Waals surface area (Å²) >= 11 is 0. The van der Waals surface area contributed by atoms with Crippen LogP contribution in [0, 0.1) is 11.8 Å². The predicted octanol–water partition coefficient (Wildman–Crippen LogP) is 7.14. The van der Waals surface area contributed by atoms with Crippen molar-refractivity contribution in [2.45, 2.75) is 44.7 Å². The van der Waals surface area contributed by atoms with Gasteiger partial charge in [-0.2, -0.15) is 0 Å². The number of nitrogens with zero attached hydrogens (tertiary/aromatic N) is 1. The standard InChI is InChI=1S/C39H36N2O4/c1-23(2)20-25-16-18-26(19-17-25)36(42)34-35(37(43)27-10-9-11-28(22-27)45-4)41-32-15-8-5-12-29(32)24(3)21-33(41)39(34)30-13-6-7-14-31(30)40-38(39)44/h5-19,21-23,33-35H,20H2,1-4H3,(H,40,44)/t33-,34+,35+,39-/m1/s1. The van der Waals surface area contributed by atoms with Crippen molar-refractivity contribution in [1.82, 2.24) is 0 Å². The Morgan fingerprint density at radius 1 is 0.889 bits per heavy atom. The van der Waals surface area contributed by atoms with Crippen LogP contribution in [0.2, 0.25) is 0 Å². The molecule has 4 atom stereocenters. The molecule has 0 bridgehead atoms. The quantitative estimate of drug-likeness (QED) is 0.230. The monoisotopic (exact) mass is 596 g/mol. The van der Waals surface area contributed by atoms with E-state index in [0.29, 0.717) is 28.5 Å². The molecular weight excluding hydrogens is 560 g/mol. The second-order valence-corrected chi connectivity index (χ2v) is 12.8. The Kier molecular flexibility index (Phi) is 6.96. The van der Waals surface area contributed by atoms with Crippen molar-refractivity contribution in [3.05, 3.63) is 131 Å². The highest BCUT2D eigenvalue weighted by molar-refractivity contribution is 6.18. The molecule has 3 aliphatic rings. The number of ketones is 2. The lowest BCUT2D eigenvalue weighted by molar-refractivity contribution is -0.121. The van der Waals surface area contributed by atoms with E-state index in [1.807, 2.05) is 84.6 Å². The molecule has 6 nitrogen and oxygen atoms in total. The maximum atomic E-state index is 15.1. The van der Waals surface area contributed by atoms with Crippen molar-refractivity contribution in [2.75, 3.05) is 17.3 Å². The Labute approximate surface area is 263 Å². The average Bonchev–Trinajstić information content (AvgIpc) is 3.52. The van der Waals surface area contributed by atoms with E-state index >= 15 is 4.79 Å². The average molecular weight is 597 g/mol. The minimum atomic E-state index is -1.35. The molecule has 1 spiro atoms. The van der Waals surface area contributed by atoms with Crippen LogP contribution < -0.4 is 15.0 Å². The molecule has 1 fully saturated rings. The zero-order chi connectivity index (χ0) is 31.5. The number of para-hydroxylation sites is 2. The van der Waals surface area contributed by atoms with Gasteiger partial charge in [-0.3, -0.25) is 14.4 Å². The first-order valence-corrected chi connectivity index (χ1v) is 15.5. The molecule has 3 heterocycles. The van der Waals surface area contributed by atoms with E-state index in [9.17, 15) is 9.59 Å². The second-order valence-electron chi connectivity index (χ2n) is 12.8. The number of nitrogens with one attached hydrogen (secondary N) is 1. The second kappa shape index (κ2) is 10.9. The summed E-state index contributed by atoms with van der Waals surface area (Å²) in [5.74, 6) is -0.719. The van der Waals surface area contributed by atoms with Gasteiger partial charge in [-0.15, -0.1) is 0 Å². The van der Waals surface area contributed by atoms with Crippen molar-refractivity contribution in [2.24, 2.45) is 11.8 Å². The Morgan fingerprint density at radius 3 is 2.38 bits per heavy atom. The maximum absolute atomic E-state index is 15.1. The zero-order valence-corrected chi connectivity index (χ0v) is 25.9. The van der Waals surface area contributed by atoms with Gasteiger partial charge < -0.3 is 15.0 Å². The van der Waals surface area contributed by atoms with Crippen molar-refractivity contribution in [3.8, 4) is 5.75 Å². The van der Waals surface area contributed by atoms with Gasteiger partial charge in [0.1, 0.15) is 17.2 Å². The van der Waals surface area contributed by atoms with E-state index in [1.165, 1.54) is 0 Å². The van der Waals surface area contributed by atoms with Crippen LogP contribution in [0.15, 0.2) is 103 Å². The van der Waals surface area contributed by atoms with Crippen LogP contribution in [0.4, 0.5) is 11.4 Å². The molecule has 1 amide bonds. The highest BCUT2D eigenvalue weighted by Gasteiger charge is 2.70. The summed E-state index contributed by atoms with van der Waals surface area (Å²) in [6, 6.07) is 28.7. The number of anilines is 2. The summed E-state index contributed by atoms with van der Waals surface area (Å²) in [4.78, 5) is 46.7. The minimum Gasteiger partial charge on any atom is -0.497 e. The van der Waals surface area contributed by atoms with Crippen molar-refractivity contribution in [1.29, 1.82) is 0 Å². The third-order valence-electron chi connectivity index (χ3n) is 9.67. The number of carbonyl (C=O) groups excluding carboxylic acids is 3. The number of ether oxygens (including phenoxy) is 1. The molecule has 45 heavy (non-hydrogen) atoms. The van der Waals surface area contributed by atoms with Gasteiger partial charge in [0.05, 0.1) is 19.1 Å². The van der Waals surface area contributed by atoms with Gasteiger partial charge in [0.25, 0.3) is 0 Å². The number of methoxy groups -OCH3 is 1. The smallest absolute Gasteiger partial charge is 0.238 e. The first kappa shape index (κ1) is 28.8. The van der Waals surface area contributed by atoms with E-state index in [-0.39, 0.29) is 17.5 Å². The summed E-state index contributed by atoms with van der Waals surface area (Å²) in [5, 5.41) is 3.11. The number of allylic oxidation sites excluding steroid dienone is 1. The summed E-state index contributed by atoms with van der Waals surface area (Å²) in [5.41, 5.74) is 4.93. The van der Waals surface area contributed by atoms with Gasteiger partial charge in [-0.05, 0) is 60.2 Å². The Hall–Kier alpha value is -4.97. The molecule has 1 N–H and O–H groups in total. The topological polar surface area (TPSA) is 75.7 Å². The van der Waals surface area contributed by atoms with Crippen LogP contribution in [0.3, 0.4) is 0 Å². The number of hydrogen-bond acceptors (Lipinski definition) is 5. The fourth-order valence-corrected chi connectivity index (χ4v) is 7.79. The van der Waals surface area contributed by atoms with Crippen molar-refractivity contribution in [3.63, 3.8) is 0 Å². The van der Waals surface area contributed by atoms with Gasteiger partial charge in [-0.25, -0.2) is 0 Å². The number of carbonyl (C=O) groups is 3. The van der Waals surface area contributed by atoms with Crippen LogP contribution in [0.1, 0.15) is 58.2 Å². The molecule has 4 aromatic carbocycles. The summed E-state index contributed by atoms with van der Waals surface area (Å²) in [6.07, 6.45) is 2.97. The number of amides is 1. The molecule has 6 heteroatoms. The Morgan fingerprint density at radius 2 is 1.62 bits per heavy atom. The van der Waals surface area contributed by atoms with Crippen LogP contribution in [-0.2, 0) is 16.6 Å². The molecule has 0 radical (unpaired) electrons. The Bertz CT molecular complexity index is 1870. The lowest BCUT2D eigenvalue weighted by atomic mass is 9.64. The van der Waals surface area contributed by atoms with Gasteiger partial charge in [0, 0.05) is 28.1 Å². The minimum absolute atomic E-state index is 0.225. The lowest BCUT2D eigenvalue weighted by Crippen LogP contribution is -2.51. The van der Waals surface area contributed by atoms with Gasteiger partial charge >= 0.3 is 0 Å². The van der Waals surface area contributed by atoms with Gasteiger partial charge in [-0.1, -0.05) is 92.7 Å². The largest absolute Gasteiger partial charge is 0.497 e. The van der Waals surface area contributed by atoms with E-state index in [0.717, 1.165) is 34.4 Å². The number of benzene rings is 4. The van der Waals surface area contributed by atoms with Crippen LogP contribution >= 0.6 is 0 Å². The van der Waals surface area contributed by atoms with Crippen molar-refractivity contribution >= 4 is 34.4 Å². The summed E-state index contributed by atoms with van der Waals surface area (Å²) in [6.45, 7) is 6.36. The van der Waals surface area contributed by atoms with E-state index in [4.69, 9.17) is 4.74 Å². The van der Waals surface area contributed by atoms with Crippen LogP contribution in [0.5, 0.6) is 5.75 Å². The molecule has 7 rings (SSSR count). The normalized spacial score (nSPS) is 22.9. The molecule has 4 aromatic rings. The zero-order valence-electron chi connectivity index (χ0n) is 25.9. The summed E-state index contributed by atoms with van der Waals surface area (Å²) < 4.78 is 5.48. The highest BCUT2D eigenvalue weighted by Crippen LogP contribution is 2.58. The first-order chi connectivity index (χ1) is 21.7. The SMILES string of the molecule is COc1cccc(C(=O)[C@@H]2[C@@H](C(=O)c3ccc(CC(C)C)cc3)[C@]3(C(=O)Nc4ccccc43)[C@H]3C=C(C)c4ccccc4N23)c1. The fraction of sp³-hybridized carbons (Fsp3) is 0.256. The first-order valence-electron chi connectivity index (χ1n) is 15.5. The van der Waals surface area contributed by atoms with E-state index in [2.05, 4.69) is 25.2 Å². The van der Waals surface area contributed by atoms with Crippen molar-refractivity contribution < 1.29 is 19.1 Å². The number of hydrogen-bond donors (Lipinski definition) is 1. The highest BCUT2D eigenvalue weighted by atomic mass is 16.5. The van der Waals surface area contributed by atoms with Gasteiger partial charge in [0.2, 0.25) is 5.91 Å². The lowest BCUT2D eigenvalue weighted by Gasteiger charge is -2.39. The van der Waals surface area contributed by atoms with Crippen LogP contribution in [0.25, 0.3) is 5.57 Å². The molecule has 0 aliphatic carbocycles.